The Balaban J connectivity index is 1.79. The molecule has 0 radical (unpaired) electrons. The van der Waals surface area contributed by atoms with Gasteiger partial charge in [-0.05, 0) is 77.5 Å². The van der Waals surface area contributed by atoms with Crippen LogP contribution in [0.15, 0.2) is 41.6 Å². The molecule has 0 saturated heterocycles. The molecule has 192 valence electrons. The highest BCUT2D eigenvalue weighted by atomic mass is 32.2. The Bertz CT molecular complexity index is 1160. The molecule has 1 heterocycles. The predicted molar refractivity (Wildman–Crippen MR) is 134 cm³/mol. The highest BCUT2D eigenvalue weighted by molar-refractivity contribution is 7.89. The summed E-state index contributed by atoms with van der Waals surface area (Å²) >= 11 is 0. The van der Waals surface area contributed by atoms with E-state index in [4.69, 9.17) is 9.47 Å². The molecule has 1 amide bonds. The van der Waals surface area contributed by atoms with E-state index in [0.717, 1.165) is 9.87 Å². The Morgan fingerprint density at radius 1 is 1.03 bits per heavy atom. The van der Waals surface area contributed by atoms with Crippen LogP contribution in [0.5, 0.6) is 5.75 Å². The quantitative estimate of drug-likeness (QED) is 0.525. The number of nitrogens with zero attached hydrogens (tertiary/aromatic N) is 3. The lowest BCUT2D eigenvalue weighted by Gasteiger charge is -2.35. The number of hydrogen-bond donors (Lipinski definition) is 0. The molecule has 1 fully saturated rings. The van der Waals surface area contributed by atoms with Crippen LogP contribution in [0.1, 0.15) is 72.7 Å². The van der Waals surface area contributed by atoms with E-state index in [9.17, 15) is 13.2 Å². The number of benzene rings is 1. The molecule has 0 unspecified atom stereocenters. The molecule has 1 aliphatic rings. The summed E-state index contributed by atoms with van der Waals surface area (Å²) in [6.45, 7) is 16.8. The van der Waals surface area contributed by atoms with Gasteiger partial charge in [-0.2, -0.15) is 4.31 Å². The summed E-state index contributed by atoms with van der Waals surface area (Å²) in [6.07, 6.45) is 2.44. The van der Waals surface area contributed by atoms with E-state index in [1.165, 1.54) is 0 Å². The summed E-state index contributed by atoms with van der Waals surface area (Å²) in [7, 11) is -4.12. The van der Waals surface area contributed by atoms with Gasteiger partial charge in [-0.1, -0.05) is 26.0 Å². The molecule has 35 heavy (non-hydrogen) atoms. The first kappa shape index (κ1) is 26.9. The number of sulfonamides is 1. The molecule has 2 atom stereocenters. The molecular formula is C26H37N3O5S. The number of carbonyl (C=O) groups excluding carboxylic acids is 1. The van der Waals surface area contributed by atoms with Crippen LogP contribution in [0.4, 0.5) is 4.79 Å². The molecule has 0 aliphatic heterocycles. The Kier molecular flexibility index (Phi) is 6.98. The van der Waals surface area contributed by atoms with Crippen LogP contribution in [0.3, 0.4) is 0 Å². The number of carbonyl (C=O) groups is 1. The number of rotatable bonds is 6. The number of hydrogen-bond acceptors (Lipinski definition) is 7. The van der Waals surface area contributed by atoms with E-state index in [1.807, 2.05) is 19.1 Å². The van der Waals surface area contributed by atoms with E-state index in [-0.39, 0.29) is 22.1 Å². The van der Waals surface area contributed by atoms with E-state index < -0.39 is 27.3 Å². The Morgan fingerprint density at radius 2 is 1.57 bits per heavy atom. The number of aromatic nitrogens is 2. The molecule has 3 rings (SSSR count). The maximum absolute atomic E-state index is 13.5. The van der Waals surface area contributed by atoms with Crippen molar-refractivity contribution >= 4 is 16.1 Å². The zero-order chi connectivity index (χ0) is 26.4. The minimum Gasteiger partial charge on any atom is -0.490 e. The fourth-order valence-electron chi connectivity index (χ4n) is 4.35. The standard InChI is InChI=1S/C26H37N3O5S/c1-17-27-14-19(15-28-17)33-16-21-22(26(21,8)9)18-10-12-20(13-11-18)35(31,32)29(24(2,3)4)23(30)34-25(5,6)7/h10-15,21-22H,16H2,1-9H3/t21-,22-/m0/s1. The summed E-state index contributed by atoms with van der Waals surface area (Å²) in [6, 6.07) is 6.77. The van der Waals surface area contributed by atoms with Gasteiger partial charge < -0.3 is 9.47 Å². The summed E-state index contributed by atoms with van der Waals surface area (Å²) < 4.78 is 39.1. The fourth-order valence-corrected chi connectivity index (χ4v) is 5.99. The molecule has 2 aromatic rings. The number of amides is 1. The average Bonchev–Trinajstić information content (AvgIpc) is 3.25. The first-order valence-electron chi connectivity index (χ1n) is 11.7. The third-order valence-electron chi connectivity index (χ3n) is 6.18. The predicted octanol–water partition coefficient (Wildman–Crippen LogP) is 5.33. The van der Waals surface area contributed by atoms with Crippen LogP contribution in [0, 0.1) is 18.3 Å². The molecule has 8 nitrogen and oxygen atoms in total. The molecule has 0 spiro atoms. The van der Waals surface area contributed by atoms with Crippen molar-refractivity contribution in [3.8, 4) is 5.75 Å². The molecule has 1 aromatic heterocycles. The molecule has 1 aliphatic carbocycles. The maximum Gasteiger partial charge on any atom is 0.424 e. The van der Waals surface area contributed by atoms with Crippen molar-refractivity contribution in [1.29, 1.82) is 0 Å². The molecule has 0 N–H and O–H groups in total. The van der Waals surface area contributed by atoms with Crippen molar-refractivity contribution in [3.05, 3.63) is 48.0 Å². The average molecular weight is 504 g/mol. The topological polar surface area (TPSA) is 98.7 Å². The van der Waals surface area contributed by atoms with Gasteiger partial charge in [0.2, 0.25) is 0 Å². The van der Waals surface area contributed by atoms with Gasteiger partial charge in [0.1, 0.15) is 11.4 Å². The molecular weight excluding hydrogens is 466 g/mol. The smallest absolute Gasteiger partial charge is 0.424 e. The van der Waals surface area contributed by atoms with Crippen molar-refractivity contribution in [2.75, 3.05) is 6.61 Å². The van der Waals surface area contributed by atoms with Crippen LogP contribution >= 0.6 is 0 Å². The summed E-state index contributed by atoms with van der Waals surface area (Å²) in [5.74, 6) is 1.80. The minimum absolute atomic E-state index is 0.0000940. The van der Waals surface area contributed by atoms with Gasteiger partial charge >= 0.3 is 6.09 Å². The largest absolute Gasteiger partial charge is 0.490 e. The molecule has 1 aromatic carbocycles. The highest BCUT2D eigenvalue weighted by Gasteiger charge is 2.58. The van der Waals surface area contributed by atoms with Gasteiger partial charge in [-0.3, -0.25) is 0 Å². The molecule has 0 bridgehead atoms. The highest BCUT2D eigenvalue weighted by Crippen LogP contribution is 2.64. The SMILES string of the molecule is Cc1ncc(OC[C@H]2[C@H](c3ccc(S(=O)(=O)N(C(=O)OC(C)(C)C)C(C)(C)C)cc3)C2(C)C)cn1. The number of ether oxygens (including phenoxy) is 2. The van der Waals surface area contributed by atoms with Crippen molar-refractivity contribution in [3.63, 3.8) is 0 Å². The normalized spacial score (nSPS) is 19.7. The lowest BCUT2D eigenvalue weighted by Crippen LogP contribution is -2.51. The van der Waals surface area contributed by atoms with Crippen LogP contribution in [-0.4, -0.2) is 46.5 Å². The minimum atomic E-state index is -4.12. The summed E-state index contributed by atoms with van der Waals surface area (Å²) in [5, 5.41) is 0. The summed E-state index contributed by atoms with van der Waals surface area (Å²) in [5.41, 5.74) is -0.790. The van der Waals surface area contributed by atoms with Crippen molar-refractivity contribution < 1.29 is 22.7 Å². The Hall–Kier alpha value is -2.68. The van der Waals surface area contributed by atoms with E-state index in [1.54, 1.807) is 66.1 Å². The van der Waals surface area contributed by atoms with E-state index in [0.29, 0.717) is 18.2 Å². The second-order valence-electron chi connectivity index (χ2n) is 11.7. The van der Waals surface area contributed by atoms with Crippen LogP contribution in [-0.2, 0) is 14.8 Å². The fraction of sp³-hybridized carbons (Fsp3) is 0.577. The molecule has 9 heteroatoms. The lowest BCUT2D eigenvalue weighted by atomic mass is 10.0. The van der Waals surface area contributed by atoms with Gasteiger partial charge in [-0.15, -0.1) is 0 Å². The lowest BCUT2D eigenvalue weighted by molar-refractivity contribution is 0.0282. The summed E-state index contributed by atoms with van der Waals surface area (Å²) in [4.78, 5) is 21.2. The zero-order valence-electron chi connectivity index (χ0n) is 22.1. The maximum atomic E-state index is 13.5. The first-order valence-corrected chi connectivity index (χ1v) is 13.2. The zero-order valence-corrected chi connectivity index (χ0v) is 22.9. The van der Waals surface area contributed by atoms with E-state index in [2.05, 4.69) is 23.8 Å². The third kappa shape index (κ3) is 5.94. The van der Waals surface area contributed by atoms with E-state index >= 15 is 0 Å². The van der Waals surface area contributed by atoms with Gasteiger partial charge in [0.15, 0.2) is 5.75 Å². The third-order valence-corrected chi connectivity index (χ3v) is 8.23. The second-order valence-corrected chi connectivity index (χ2v) is 13.5. The van der Waals surface area contributed by atoms with Crippen molar-refractivity contribution in [2.45, 2.75) is 84.3 Å². The van der Waals surface area contributed by atoms with Crippen LogP contribution in [0.25, 0.3) is 0 Å². The van der Waals surface area contributed by atoms with Gasteiger partial charge in [0.05, 0.1) is 29.4 Å². The second kappa shape index (κ2) is 9.08. The monoisotopic (exact) mass is 503 g/mol. The number of aryl methyl sites for hydroxylation is 1. The van der Waals surface area contributed by atoms with Crippen molar-refractivity contribution in [1.82, 2.24) is 14.3 Å². The Labute approximate surface area is 209 Å². The van der Waals surface area contributed by atoms with Gasteiger partial charge in [0, 0.05) is 5.92 Å². The van der Waals surface area contributed by atoms with Crippen LogP contribution < -0.4 is 4.74 Å². The molecule has 1 saturated carbocycles. The Morgan fingerprint density at radius 3 is 2.06 bits per heavy atom. The van der Waals surface area contributed by atoms with Crippen LogP contribution in [0.2, 0.25) is 0 Å². The van der Waals surface area contributed by atoms with Crippen molar-refractivity contribution in [2.24, 2.45) is 11.3 Å². The first-order chi connectivity index (χ1) is 15.9. The van der Waals surface area contributed by atoms with Gasteiger partial charge in [-0.25, -0.2) is 23.2 Å². The van der Waals surface area contributed by atoms with Gasteiger partial charge in [0.25, 0.3) is 10.0 Å².